The number of nitrogens with zero attached hydrogens (tertiary/aromatic N) is 1. The Balaban J connectivity index is 2.65. The molecule has 1 saturated heterocycles. The molecule has 0 amide bonds. The van der Waals surface area contributed by atoms with Gasteiger partial charge in [0.2, 0.25) is 10.0 Å². The van der Waals surface area contributed by atoms with Crippen LogP contribution in [0, 0.1) is 0 Å². The zero-order chi connectivity index (χ0) is 13.1. The highest BCUT2D eigenvalue weighted by atomic mass is 32.2. The lowest BCUT2D eigenvalue weighted by Crippen LogP contribution is -2.45. The predicted octanol–water partition coefficient (Wildman–Crippen LogP) is 0.161. The van der Waals surface area contributed by atoms with Gasteiger partial charge in [0.25, 0.3) is 0 Å². The summed E-state index contributed by atoms with van der Waals surface area (Å²) < 4.78 is 25.7. The van der Waals surface area contributed by atoms with Crippen LogP contribution in [0.4, 0.5) is 0 Å². The smallest absolute Gasteiger partial charge is 0.215 e. The molecule has 0 saturated carbocycles. The third-order valence-electron chi connectivity index (χ3n) is 2.88. The first-order valence-electron chi connectivity index (χ1n) is 6.18. The molecule has 1 unspecified atom stereocenters. The molecular weight excluding hydrogens is 240 g/mol. The Hall–Kier alpha value is -0.170. The van der Waals surface area contributed by atoms with Gasteiger partial charge in [0.05, 0.1) is 11.4 Å². The van der Waals surface area contributed by atoms with Gasteiger partial charge in [0, 0.05) is 19.1 Å². The summed E-state index contributed by atoms with van der Waals surface area (Å²) in [7, 11) is -3.28. The molecule has 17 heavy (non-hydrogen) atoms. The Bertz CT molecular complexity index is 329. The lowest BCUT2D eigenvalue weighted by molar-refractivity contribution is 0.0601. The number of likely N-dealkylation sites (N-methyl/N-ethyl adjacent to an activating group) is 1. The highest BCUT2D eigenvalue weighted by Crippen LogP contribution is 2.14. The number of aliphatic hydroxyl groups is 1. The van der Waals surface area contributed by atoms with Crippen molar-refractivity contribution in [2.24, 2.45) is 0 Å². The highest BCUT2D eigenvalue weighted by Gasteiger charge is 2.30. The molecule has 1 rings (SSSR count). The van der Waals surface area contributed by atoms with Crippen molar-refractivity contribution in [3.05, 3.63) is 0 Å². The maximum Gasteiger partial charge on any atom is 0.215 e. The number of hydrogen-bond acceptors (Lipinski definition) is 4. The molecule has 1 heterocycles. The number of rotatable bonds is 6. The van der Waals surface area contributed by atoms with Gasteiger partial charge in [0.15, 0.2) is 0 Å². The Labute approximate surface area is 104 Å². The van der Waals surface area contributed by atoms with E-state index in [1.165, 1.54) is 4.31 Å². The van der Waals surface area contributed by atoms with E-state index in [9.17, 15) is 13.5 Å². The second kappa shape index (κ2) is 5.65. The van der Waals surface area contributed by atoms with E-state index in [4.69, 9.17) is 0 Å². The fraction of sp³-hybridized carbons (Fsp3) is 1.00. The van der Waals surface area contributed by atoms with Crippen LogP contribution in [-0.4, -0.2) is 54.9 Å². The van der Waals surface area contributed by atoms with E-state index < -0.39 is 15.6 Å². The Kier molecular flexibility index (Phi) is 4.95. The van der Waals surface area contributed by atoms with Gasteiger partial charge in [-0.1, -0.05) is 6.92 Å². The van der Waals surface area contributed by atoms with Gasteiger partial charge >= 0.3 is 0 Å². The number of hydrogen-bond donors (Lipinski definition) is 2. The van der Waals surface area contributed by atoms with Crippen molar-refractivity contribution in [3.8, 4) is 0 Å². The summed E-state index contributed by atoms with van der Waals surface area (Å²) in [5.41, 5.74) is -0.994. The number of nitrogens with one attached hydrogen (secondary N) is 1. The predicted molar refractivity (Wildman–Crippen MR) is 68.4 cm³/mol. The van der Waals surface area contributed by atoms with Crippen molar-refractivity contribution in [3.63, 3.8) is 0 Å². The summed E-state index contributed by atoms with van der Waals surface area (Å²) in [4.78, 5) is 0. The molecule has 0 radical (unpaired) electrons. The average Bonchev–Trinajstić information content (AvgIpc) is 2.64. The maximum atomic E-state index is 12.2. The fourth-order valence-electron chi connectivity index (χ4n) is 2.10. The van der Waals surface area contributed by atoms with Gasteiger partial charge < -0.3 is 10.4 Å². The van der Waals surface area contributed by atoms with E-state index in [0.29, 0.717) is 6.54 Å². The Morgan fingerprint density at radius 1 is 1.47 bits per heavy atom. The normalized spacial score (nSPS) is 22.3. The third-order valence-corrected chi connectivity index (χ3v) is 4.88. The zero-order valence-corrected chi connectivity index (χ0v) is 11.8. The third kappa shape index (κ3) is 4.91. The van der Waals surface area contributed by atoms with Crippen LogP contribution in [-0.2, 0) is 10.0 Å². The molecule has 1 atom stereocenters. The molecular formula is C11H24N2O3S. The molecule has 0 bridgehead atoms. The summed E-state index contributed by atoms with van der Waals surface area (Å²) in [5.74, 6) is 0.136. The minimum absolute atomic E-state index is 0.0656. The molecule has 1 fully saturated rings. The first kappa shape index (κ1) is 14.9. The van der Waals surface area contributed by atoms with Crippen LogP contribution in [0.2, 0.25) is 0 Å². The highest BCUT2D eigenvalue weighted by molar-refractivity contribution is 7.89. The van der Waals surface area contributed by atoms with Gasteiger partial charge in [-0.25, -0.2) is 8.42 Å². The minimum Gasteiger partial charge on any atom is -0.389 e. The van der Waals surface area contributed by atoms with Crippen LogP contribution >= 0.6 is 0 Å². The molecule has 0 aromatic rings. The van der Waals surface area contributed by atoms with Crippen molar-refractivity contribution in [1.29, 1.82) is 0 Å². The van der Waals surface area contributed by atoms with Gasteiger partial charge in [-0.3, -0.25) is 0 Å². The van der Waals surface area contributed by atoms with Gasteiger partial charge in [-0.05, 0) is 33.2 Å². The Morgan fingerprint density at radius 3 is 2.53 bits per heavy atom. The maximum absolute atomic E-state index is 12.2. The molecule has 0 aromatic heterocycles. The van der Waals surface area contributed by atoms with E-state index in [-0.39, 0.29) is 18.3 Å². The molecule has 102 valence electrons. The molecule has 5 nitrogen and oxygen atoms in total. The summed E-state index contributed by atoms with van der Waals surface area (Å²) in [5, 5.41) is 12.9. The van der Waals surface area contributed by atoms with Crippen LogP contribution < -0.4 is 5.32 Å². The SMILES string of the molecule is CCN(CC(C)(C)O)S(=O)(=O)CC1CCCN1. The molecule has 2 N–H and O–H groups in total. The summed E-state index contributed by atoms with van der Waals surface area (Å²) in [6.07, 6.45) is 1.96. The van der Waals surface area contributed by atoms with Crippen molar-refractivity contribution in [2.45, 2.75) is 45.3 Å². The van der Waals surface area contributed by atoms with Crippen molar-refractivity contribution in [1.82, 2.24) is 9.62 Å². The van der Waals surface area contributed by atoms with Crippen LogP contribution in [0.25, 0.3) is 0 Å². The lowest BCUT2D eigenvalue weighted by atomic mass is 10.1. The first-order valence-corrected chi connectivity index (χ1v) is 7.79. The Morgan fingerprint density at radius 2 is 2.12 bits per heavy atom. The molecule has 1 aliphatic rings. The zero-order valence-electron chi connectivity index (χ0n) is 10.9. The quantitative estimate of drug-likeness (QED) is 0.717. The number of sulfonamides is 1. The van der Waals surface area contributed by atoms with Crippen LogP contribution in [0.1, 0.15) is 33.6 Å². The van der Waals surface area contributed by atoms with Crippen LogP contribution in [0.15, 0.2) is 0 Å². The second-order valence-corrected chi connectivity index (χ2v) is 7.32. The van der Waals surface area contributed by atoms with Crippen LogP contribution in [0.3, 0.4) is 0 Å². The molecule has 0 aromatic carbocycles. The van der Waals surface area contributed by atoms with E-state index in [2.05, 4.69) is 5.32 Å². The van der Waals surface area contributed by atoms with Crippen molar-refractivity contribution >= 4 is 10.0 Å². The summed E-state index contributed by atoms with van der Waals surface area (Å²) in [6, 6.07) is 0.0656. The molecule has 1 aliphatic heterocycles. The van der Waals surface area contributed by atoms with Gasteiger partial charge in [-0.2, -0.15) is 4.31 Å². The second-order valence-electron chi connectivity index (χ2n) is 5.31. The molecule has 0 aliphatic carbocycles. The summed E-state index contributed by atoms with van der Waals surface area (Å²) in [6.45, 7) is 6.50. The largest absolute Gasteiger partial charge is 0.389 e. The van der Waals surface area contributed by atoms with Crippen LogP contribution in [0.5, 0.6) is 0 Å². The standard InChI is InChI=1S/C11H24N2O3S/c1-4-13(9-11(2,3)14)17(15,16)8-10-6-5-7-12-10/h10,12,14H,4-9H2,1-3H3. The van der Waals surface area contributed by atoms with Crippen molar-refractivity contribution in [2.75, 3.05) is 25.4 Å². The van der Waals surface area contributed by atoms with E-state index in [0.717, 1.165) is 19.4 Å². The lowest BCUT2D eigenvalue weighted by Gasteiger charge is -2.28. The van der Waals surface area contributed by atoms with E-state index in [1.54, 1.807) is 20.8 Å². The topological polar surface area (TPSA) is 69.6 Å². The minimum atomic E-state index is -3.28. The summed E-state index contributed by atoms with van der Waals surface area (Å²) >= 11 is 0. The van der Waals surface area contributed by atoms with Crippen molar-refractivity contribution < 1.29 is 13.5 Å². The average molecular weight is 264 g/mol. The molecule has 6 heteroatoms. The molecule has 0 spiro atoms. The fourth-order valence-corrected chi connectivity index (χ4v) is 4.01. The monoisotopic (exact) mass is 264 g/mol. The first-order chi connectivity index (χ1) is 7.74. The van der Waals surface area contributed by atoms with E-state index in [1.807, 2.05) is 0 Å². The van der Waals surface area contributed by atoms with E-state index >= 15 is 0 Å². The van der Waals surface area contributed by atoms with Gasteiger partial charge in [0.1, 0.15) is 0 Å². The van der Waals surface area contributed by atoms with Gasteiger partial charge in [-0.15, -0.1) is 0 Å².